The lowest BCUT2D eigenvalue weighted by atomic mass is 10.1. The number of hydrogen-bond donors (Lipinski definition) is 0. The zero-order chi connectivity index (χ0) is 13.5. The smallest absolute Gasteiger partial charge is 0.207 e. The molecule has 3 atom stereocenters. The van der Waals surface area contributed by atoms with Crippen molar-refractivity contribution in [1.29, 1.82) is 0 Å². The third kappa shape index (κ3) is 2.19. The monoisotopic (exact) mass is 267 g/mol. The molecule has 0 N–H and O–H groups in total. The maximum absolute atomic E-state index is 12.5. The highest BCUT2D eigenvalue weighted by Crippen LogP contribution is 2.41. The van der Waals surface area contributed by atoms with Crippen LogP contribution in [0.4, 0.5) is 0 Å². The van der Waals surface area contributed by atoms with Crippen LogP contribution < -0.4 is 0 Å². The Kier molecular flexibility index (Phi) is 3.52. The van der Waals surface area contributed by atoms with Crippen molar-refractivity contribution in [2.45, 2.75) is 51.1 Å². The molecule has 1 aromatic carbocycles. The fourth-order valence-electron chi connectivity index (χ4n) is 2.61. The van der Waals surface area contributed by atoms with Crippen molar-refractivity contribution >= 4 is 10.0 Å². The van der Waals surface area contributed by atoms with E-state index >= 15 is 0 Å². The van der Waals surface area contributed by atoms with Crippen LogP contribution >= 0.6 is 0 Å². The Morgan fingerprint density at radius 3 is 2.17 bits per heavy atom. The number of rotatable bonds is 4. The van der Waals surface area contributed by atoms with E-state index < -0.39 is 10.0 Å². The molecule has 0 saturated carbocycles. The molecule has 1 fully saturated rings. The summed E-state index contributed by atoms with van der Waals surface area (Å²) in [5.41, 5.74) is 1.08. The topological polar surface area (TPSA) is 37.1 Å². The molecule has 18 heavy (non-hydrogen) atoms. The predicted octanol–water partition coefficient (Wildman–Crippen LogP) is 2.80. The molecule has 0 amide bonds. The number of nitrogens with zero attached hydrogens (tertiary/aromatic N) is 1. The highest BCUT2D eigenvalue weighted by molar-refractivity contribution is 7.89. The van der Waals surface area contributed by atoms with Gasteiger partial charge in [0.05, 0.1) is 4.90 Å². The molecule has 1 aliphatic heterocycles. The fraction of sp³-hybridized carbons (Fsp3) is 0.571. The van der Waals surface area contributed by atoms with E-state index in [0.29, 0.717) is 10.8 Å². The third-order valence-electron chi connectivity index (χ3n) is 3.62. The van der Waals surface area contributed by atoms with Gasteiger partial charge < -0.3 is 0 Å². The van der Waals surface area contributed by atoms with Crippen molar-refractivity contribution in [2.24, 2.45) is 5.92 Å². The maximum Gasteiger partial charge on any atom is 0.243 e. The molecule has 0 aliphatic carbocycles. The van der Waals surface area contributed by atoms with Crippen LogP contribution in [-0.4, -0.2) is 24.8 Å². The van der Waals surface area contributed by atoms with Gasteiger partial charge in [-0.2, -0.15) is 4.31 Å². The summed E-state index contributed by atoms with van der Waals surface area (Å²) in [6, 6.07) is 7.45. The van der Waals surface area contributed by atoms with Crippen LogP contribution in [-0.2, 0) is 10.0 Å². The van der Waals surface area contributed by atoms with E-state index in [9.17, 15) is 8.42 Å². The van der Waals surface area contributed by atoms with Crippen molar-refractivity contribution in [2.75, 3.05) is 0 Å². The summed E-state index contributed by atoms with van der Waals surface area (Å²) in [4.78, 5) is 0.412. The van der Waals surface area contributed by atoms with Gasteiger partial charge in [-0.15, -0.1) is 0 Å². The Morgan fingerprint density at radius 2 is 1.78 bits per heavy atom. The normalized spacial score (nSPS) is 27.5. The van der Waals surface area contributed by atoms with E-state index in [2.05, 4.69) is 13.8 Å². The lowest BCUT2D eigenvalue weighted by Gasteiger charge is -2.08. The van der Waals surface area contributed by atoms with Crippen LogP contribution in [0.5, 0.6) is 0 Å². The Hall–Kier alpha value is -0.870. The minimum Gasteiger partial charge on any atom is -0.207 e. The molecule has 1 unspecified atom stereocenters. The van der Waals surface area contributed by atoms with Gasteiger partial charge in [-0.25, -0.2) is 8.42 Å². The average Bonchev–Trinajstić information content (AvgIpc) is 3.04. The molecule has 3 nitrogen and oxygen atoms in total. The minimum absolute atomic E-state index is 0.168. The first-order chi connectivity index (χ1) is 8.39. The van der Waals surface area contributed by atoms with E-state index in [1.165, 1.54) is 0 Å². The second-order valence-electron chi connectivity index (χ2n) is 5.36. The average molecular weight is 267 g/mol. The van der Waals surface area contributed by atoms with Gasteiger partial charge in [0.2, 0.25) is 10.0 Å². The first-order valence-electron chi connectivity index (χ1n) is 6.49. The van der Waals surface area contributed by atoms with Crippen molar-refractivity contribution in [1.82, 2.24) is 4.31 Å². The molecule has 0 radical (unpaired) electrons. The third-order valence-corrected chi connectivity index (χ3v) is 5.56. The van der Waals surface area contributed by atoms with Crippen molar-refractivity contribution < 1.29 is 8.42 Å². The van der Waals surface area contributed by atoms with Gasteiger partial charge >= 0.3 is 0 Å². The molecule has 100 valence electrons. The molecule has 1 aromatic rings. The zero-order valence-corrected chi connectivity index (χ0v) is 12.2. The molecule has 1 aliphatic rings. The molecule has 0 aromatic heterocycles. The van der Waals surface area contributed by atoms with Crippen LogP contribution in [0.25, 0.3) is 0 Å². The summed E-state index contributed by atoms with van der Waals surface area (Å²) in [5.74, 6) is 0.371. The molecule has 4 heteroatoms. The number of benzene rings is 1. The van der Waals surface area contributed by atoms with Gasteiger partial charge in [0.1, 0.15) is 0 Å². The van der Waals surface area contributed by atoms with Crippen molar-refractivity contribution in [3.63, 3.8) is 0 Å². The van der Waals surface area contributed by atoms with Crippen molar-refractivity contribution in [3.05, 3.63) is 29.8 Å². The minimum atomic E-state index is -3.30. The molecule has 2 rings (SSSR count). The Bertz CT molecular complexity index is 519. The van der Waals surface area contributed by atoms with Crippen LogP contribution in [0.3, 0.4) is 0 Å². The quantitative estimate of drug-likeness (QED) is 0.787. The van der Waals surface area contributed by atoms with Crippen LogP contribution in [0.1, 0.15) is 32.8 Å². The van der Waals surface area contributed by atoms with Gasteiger partial charge in [-0.3, -0.25) is 0 Å². The summed E-state index contributed by atoms with van der Waals surface area (Å²) >= 11 is 0. The van der Waals surface area contributed by atoms with Gasteiger partial charge in [0.25, 0.3) is 0 Å². The second kappa shape index (κ2) is 4.67. The number of aryl methyl sites for hydroxylation is 1. The van der Waals surface area contributed by atoms with Gasteiger partial charge in [-0.1, -0.05) is 38.5 Å². The first-order valence-corrected chi connectivity index (χ1v) is 7.93. The summed E-state index contributed by atoms with van der Waals surface area (Å²) in [6.07, 6.45) is 0.883. The molecular formula is C14H21NO2S. The molecular weight excluding hydrogens is 246 g/mol. The van der Waals surface area contributed by atoms with Crippen LogP contribution in [0.15, 0.2) is 29.2 Å². The largest absolute Gasteiger partial charge is 0.243 e. The standard InChI is InChI=1S/C14H21NO2S/c1-5-13-14(10(2)3)15(13)18(16,17)12-8-6-11(4)7-9-12/h6-10,13-14H,5H2,1-4H3/t13-,14+,15?/m0/s1. The van der Waals surface area contributed by atoms with Crippen LogP contribution in [0.2, 0.25) is 0 Å². The SMILES string of the molecule is CC[C@H]1[C@@H](C(C)C)N1S(=O)(=O)c1ccc(C)cc1. The van der Waals surface area contributed by atoms with Gasteiger partial charge in [0.15, 0.2) is 0 Å². The molecule has 0 spiro atoms. The zero-order valence-electron chi connectivity index (χ0n) is 11.4. The Balaban J connectivity index is 2.30. The summed E-state index contributed by atoms with van der Waals surface area (Å²) in [6.45, 7) is 8.17. The van der Waals surface area contributed by atoms with Crippen molar-refractivity contribution in [3.8, 4) is 0 Å². The first kappa shape index (κ1) is 13.6. The predicted molar refractivity (Wildman–Crippen MR) is 72.9 cm³/mol. The highest BCUT2D eigenvalue weighted by atomic mass is 32.2. The van der Waals surface area contributed by atoms with E-state index in [0.717, 1.165) is 12.0 Å². The van der Waals surface area contributed by atoms with E-state index in [1.807, 2.05) is 26.0 Å². The lowest BCUT2D eigenvalue weighted by Crippen LogP contribution is -2.17. The van der Waals surface area contributed by atoms with Crippen LogP contribution in [0, 0.1) is 12.8 Å². The Morgan fingerprint density at radius 1 is 1.22 bits per heavy atom. The Labute approximate surface area is 110 Å². The summed E-state index contributed by atoms with van der Waals surface area (Å²) < 4.78 is 26.7. The number of hydrogen-bond acceptors (Lipinski definition) is 2. The highest BCUT2D eigenvalue weighted by Gasteiger charge is 2.55. The molecule has 0 bridgehead atoms. The molecule has 1 saturated heterocycles. The second-order valence-corrected chi connectivity index (χ2v) is 7.20. The number of sulfonamides is 1. The van der Waals surface area contributed by atoms with E-state index in [4.69, 9.17) is 0 Å². The van der Waals surface area contributed by atoms with E-state index in [1.54, 1.807) is 16.4 Å². The van der Waals surface area contributed by atoms with Gasteiger partial charge in [-0.05, 0) is 31.4 Å². The summed E-state index contributed by atoms with van der Waals surface area (Å²) in [7, 11) is -3.30. The fourth-order valence-corrected chi connectivity index (χ4v) is 4.61. The lowest BCUT2D eigenvalue weighted by molar-refractivity contribution is 0.516. The van der Waals surface area contributed by atoms with Gasteiger partial charge in [0, 0.05) is 12.1 Å². The van der Waals surface area contributed by atoms with E-state index in [-0.39, 0.29) is 12.1 Å². The maximum atomic E-state index is 12.5. The molecule has 1 heterocycles. The summed E-state index contributed by atoms with van der Waals surface area (Å²) in [5, 5.41) is 0.